The Morgan fingerprint density at radius 3 is 2.82 bits per heavy atom. The second-order valence-corrected chi connectivity index (χ2v) is 4.70. The average Bonchev–Trinajstić information content (AvgIpc) is 2.29. The lowest BCUT2D eigenvalue weighted by molar-refractivity contribution is 0.0518. The van der Waals surface area contributed by atoms with E-state index in [0.29, 0.717) is 22.7 Å². The van der Waals surface area contributed by atoms with Gasteiger partial charge in [0, 0.05) is 17.3 Å². The molecule has 1 amide bonds. The molecule has 4 nitrogen and oxygen atoms in total. The molecule has 17 heavy (non-hydrogen) atoms. The number of aliphatic hydroxyl groups is 1. The van der Waals surface area contributed by atoms with Gasteiger partial charge in [-0.3, -0.25) is 4.79 Å². The van der Waals surface area contributed by atoms with Gasteiger partial charge < -0.3 is 16.2 Å². The zero-order valence-corrected chi connectivity index (χ0v) is 10.7. The van der Waals surface area contributed by atoms with Crippen LogP contribution in [0.1, 0.15) is 30.6 Å². The van der Waals surface area contributed by atoms with Crippen molar-refractivity contribution in [3.8, 4) is 0 Å². The van der Waals surface area contributed by atoms with Crippen molar-refractivity contribution in [2.45, 2.75) is 25.9 Å². The lowest BCUT2D eigenvalue weighted by Gasteiger charge is -2.21. The number of amides is 1. The zero-order chi connectivity index (χ0) is 13.1. The Hall–Kier alpha value is -1.26. The molecule has 1 atom stereocenters. The van der Waals surface area contributed by atoms with E-state index in [1.54, 1.807) is 19.1 Å². The summed E-state index contributed by atoms with van der Waals surface area (Å²) in [5.41, 5.74) is 5.45. The summed E-state index contributed by atoms with van der Waals surface area (Å²) in [6, 6.07) is 4.71. The number of hydrogen-bond acceptors (Lipinski definition) is 3. The van der Waals surface area contributed by atoms with Crippen LogP contribution < -0.4 is 11.1 Å². The number of rotatable bonds is 4. The van der Waals surface area contributed by atoms with E-state index in [9.17, 15) is 9.90 Å². The number of nitrogens with one attached hydrogen (secondary N) is 1. The molecule has 0 spiro atoms. The summed E-state index contributed by atoms with van der Waals surface area (Å²) in [5, 5.41) is 12.9. The van der Waals surface area contributed by atoms with Crippen LogP contribution >= 0.6 is 11.6 Å². The molecule has 0 fully saturated rings. The van der Waals surface area contributed by atoms with Gasteiger partial charge in [-0.1, -0.05) is 18.5 Å². The van der Waals surface area contributed by atoms with Crippen molar-refractivity contribution in [3.05, 3.63) is 28.8 Å². The highest BCUT2D eigenvalue weighted by molar-refractivity contribution is 6.31. The number of benzene rings is 1. The molecule has 0 bridgehead atoms. The van der Waals surface area contributed by atoms with Crippen LogP contribution in [0.25, 0.3) is 0 Å². The van der Waals surface area contributed by atoms with Crippen LogP contribution in [0.3, 0.4) is 0 Å². The van der Waals surface area contributed by atoms with Crippen LogP contribution in [-0.2, 0) is 0 Å². The molecule has 0 radical (unpaired) electrons. The fourth-order valence-corrected chi connectivity index (χ4v) is 1.39. The first kappa shape index (κ1) is 13.8. The number of nitrogens with two attached hydrogens (primary N) is 1. The molecule has 0 aromatic heterocycles. The third kappa shape index (κ3) is 3.91. The summed E-state index contributed by atoms with van der Waals surface area (Å²) in [7, 11) is 0. The van der Waals surface area contributed by atoms with Crippen molar-refractivity contribution in [1.29, 1.82) is 0 Å². The van der Waals surface area contributed by atoms with Gasteiger partial charge in [-0.05, 0) is 31.5 Å². The second-order valence-electron chi connectivity index (χ2n) is 4.26. The van der Waals surface area contributed by atoms with Crippen molar-refractivity contribution in [1.82, 2.24) is 5.32 Å². The van der Waals surface area contributed by atoms with E-state index in [1.165, 1.54) is 6.07 Å². The van der Waals surface area contributed by atoms with Gasteiger partial charge in [0.2, 0.25) is 0 Å². The molecule has 94 valence electrons. The quantitative estimate of drug-likeness (QED) is 0.720. The Bertz CT molecular complexity index is 419. The minimum Gasteiger partial charge on any atom is -0.398 e. The number of carbonyl (C=O) groups excluding carboxylic acids is 1. The van der Waals surface area contributed by atoms with Gasteiger partial charge in [0.25, 0.3) is 5.91 Å². The topological polar surface area (TPSA) is 75.3 Å². The van der Waals surface area contributed by atoms with E-state index in [0.717, 1.165) is 0 Å². The van der Waals surface area contributed by atoms with Crippen molar-refractivity contribution in [2.24, 2.45) is 0 Å². The zero-order valence-electron chi connectivity index (χ0n) is 9.96. The fraction of sp³-hybridized carbons (Fsp3) is 0.417. The molecule has 0 aliphatic carbocycles. The summed E-state index contributed by atoms with van der Waals surface area (Å²) in [6.45, 7) is 3.68. The molecule has 0 saturated heterocycles. The number of carbonyl (C=O) groups is 1. The van der Waals surface area contributed by atoms with Crippen molar-refractivity contribution in [2.75, 3.05) is 12.3 Å². The van der Waals surface area contributed by atoms with E-state index < -0.39 is 5.60 Å². The first-order valence-corrected chi connectivity index (χ1v) is 5.79. The molecule has 5 heteroatoms. The van der Waals surface area contributed by atoms with Crippen LogP contribution in [-0.4, -0.2) is 23.2 Å². The monoisotopic (exact) mass is 256 g/mol. The second kappa shape index (κ2) is 5.38. The number of hydrogen-bond donors (Lipinski definition) is 3. The highest BCUT2D eigenvalue weighted by Crippen LogP contribution is 2.18. The average molecular weight is 257 g/mol. The van der Waals surface area contributed by atoms with Gasteiger partial charge in [-0.25, -0.2) is 0 Å². The van der Waals surface area contributed by atoms with Crippen molar-refractivity contribution < 1.29 is 9.90 Å². The number of nitrogen functional groups attached to an aromatic ring is 1. The number of halogens is 1. The molecule has 1 rings (SSSR count). The fourth-order valence-electron chi connectivity index (χ4n) is 1.22. The van der Waals surface area contributed by atoms with E-state index in [4.69, 9.17) is 17.3 Å². The Labute approximate surface area is 106 Å². The third-order valence-corrected chi connectivity index (χ3v) is 2.89. The Morgan fingerprint density at radius 1 is 1.59 bits per heavy atom. The van der Waals surface area contributed by atoms with E-state index in [1.807, 2.05) is 6.92 Å². The molecular formula is C12H17ClN2O2. The lowest BCUT2D eigenvalue weighted by atomic mass is 10.0. The minimum atomic E-state index is -0.914. The summed E-state index contributed by atoms with van der Waals surface area (Å²) < 4.78 is 0. The maximum Gasteiger partial charge on any atom is 0.253 e. The van der Waals surface area contributed by atoms with Crippen LogP contribution in [0.15, 0.2) is 18.2 Å². The lowest BCUT2D eigenvalue weighted by Crippen LogP contribution is -2.40. The van der Waals surface area contributed by atoms with Gasteiger partial charge in [0.15, 0.2) is 0 Å². The van der Waals surface area contributed by atoms with Gasteiger partial charge in [0.05, 0.1) is 11.2 Å². The van der Waals surface area contributed by atoms with Crippen molar-refractivity contribution in [3.63, 3.8) is 0 Å². The summed E-state index contributed by atoms with van der Waals surface area (Å²) in [4.78, 5) is 11.8. The van der Waals surface area contributed by atoms with E-state index in [2.05, 4.69) is 5.32 Å². The van der Waals surface area contributed by atoms with Gasteiger partial charge in [0.1, 0.15) is 0 Å². The Morgan fingerprint density at radius 2 is 2.24 bits per heavy atom. The van der Waals surface area contributed by atoms with Gasteiger partial charge >= 0.3 is 0 Å². The maximum absolute atomic E-state index is 11.8. The molecule has 1 aromatic rings. The Kier molecular flexibility index (Phi) is 4.37. The highest BCUT2D eigenvalue weighted by atomic mass is 35.5. The minimum absolute atomic E-state index is 0.175. The molecule has 4 N–H and O–H groups in total. The SMILES string of the molecule is CCC(C)(O)CNC(=O)c1cc(Cl)ccc1N. The Balaban J connectivity index is 2.74. The largest absolute Gasteiger partial charge is 0.398 e. The molecule has 1 unspecified atom stereocenters. The molecule has 0 saturated carbocycles. The summed E-state index contributed by atoms with van der Waals surface area (Å²) in [5.74, 6) is -0.335. The van der Waals surface area contributed by atoms with E-state index >= 15 is 0 Å². The first-order chi connectivity index (χ1) is 7.85. The molecule has 0 heterocycles. The number of anilines is 1. The van der Waals surface area contributed by atoms with Crippen molar-refractivity contribution >= 4 is 23.2 Å². The van der Waals surface area contributed by atoms with E-state index in [-0.39, 0.29) is 12.5 Å². The van der Waals surface area contributed by atoms with Crippen LogP contribution in [0.5, 0.6) is 0 Å². The highest BCUT2D eigenvalue weighted by Gasteiger charge is 2.19. The van der Waals surface area contributed by atoms with Gasteiger partial charge in [-0.15, -0.1) is 0 Å². The first-order valence-electron chi connectivity index (χ1n) is 5.41. The van der Waals surface area contributed by atoms with Crippen LogP contribution in [0, 0.1) is 0 Å². The standard InChI is InChI=1S/C12H17ClN2O2/c1-3-12(2,17)7-15-11(16)9-6-8(13)4-5-10(9)14/h4-6,17H,3,7,14H2,1-2H3,(H,15,16). The molecule has 0 aliphatic rings. The molecule has 1 aromatic carbocycles. The normalized spacial score (nSPS) is 14.1. The maximum atomic E-state index is 11.8. The predicted octanol–water partition coefficient (Wildman–Crippen LogP) is 1.81. The molecular weight excluding hydrogens is 240 g/mol. The molecule has 0 aliphatic heterocycles. The van der Waals surface area contributed by atoms with Gasteiger partial charge in [-0.2, -0.15) is 0 Å². The predicted molar refractivity (Wildman–Crippen MR) is 69.1 cm³/mol. The van der Waals surface area contributed by atoms with Crippen LogP contribution in [0.4, 0.5) is 5.69 Å². The summed E-state index contributed by atoms with van der Waals surface area (Å²) in [6.07, 6.45) is 0.554. The smallest absolute Gasteiger partial charge is 0.253 e. The third-order valence-electron chi connectivity index (χ3n) is 2.65. The summed E-state index contributed by atoms with van der Waals surface area (Å²) >= 11 is 5.79. The van der Waals surface area contributed by atoms with Crippen LogP contribution in [0.2, 0.25) is 5.02 Å².